The topological polar surface area (TPSA) is 84.2 Å². The monoisotopic (exact) mass is 386 g/mol. The molecule has 2 aromatic carbocycles. The number of aromatic amines is 1. The molecule has 29 heavy (non-hydrogen) atoms. The zero-order chi connectivity index (χ0) is 19.8. The Balaban J connectivity index is 1.64. The van der Waals surface area contributed by atoms with Crippen LogP contribution in [0, 0.1) is 0 Å². The first-order valence-electron chi connectivity index (χ1n) is 9.79. The number of ether oxygens (including phenoxy) is 1. The zero-order valence-electron chi connectivity index (χ0n) is 15.9. The van der Waals surface area contributed by atoms with Crippen molar-refractivity contribution in [2.45, 2.75) is 18.6 Å². The molecule has 2 aliphatic heterocycles. The molecule has 1 fully saturated rings. The summed E-state index contributed by atoms with van der Waals surface area (Å²) in [4.78, 5) is 22.1. The maximum absolute atomic E-state index is 12.4. The summed E-state index contributed by atoms with van der Waals surface area (Å²) in [5.41, 5.74) is 11.3. The Labute approximate surface area is 168 Å². The van der Waals surface area contributed by atoms with E-state index < -0.39 is 5.91 Å². The van der Waals surface area contributed by atoms with E-state index in [0.717, 1.165) is 40.9 Å². The van der Waals surface area contributed by atoms with Gasteiger partial charge in [0.15, 0.2) is 0 Å². The van der Waals surface area contributed by atoms with E-state index in [9.17, 15) is 4.79 Å². The highest BCUT2D eigenvalue weighted by Gasteiger charge is 2.35. The summed E-state index contributed by atoms with van der Waals surface area (Å²) >= 11 is 0. The van der Waals surface area contributed by atoms with E-state index >= 15 is 0 Å². The third-order valence-electron chi connectivity index (χ3n) is 5.65. The lowest BCUT2D eigenvalue weighted by atomic mass is 9.90. The van der Waals surface area contributed by atoms with E-state index in [1.54, 1.807) is 6.33 Å². The first-order valence-corrected chi connectivity index (χ1v) is 9.79. The fraction of sp³-hybridized carbons (Fsp3) is 0.217. The molecular formula is C23H22N4O2. The normalized spacial score (nSPS) is 21.4. The minimum absolute atomic E-state index is 0.144. The number of carbonyl (C=O) groups excluding carboxylic acids is 1. The van der Waals surface area contributed by atoms with E-state index in [-0.39, 0.29) is 12.1 Å². The van der Waals surface area contributed by atoms with Crippen LogP contribution in [0.4, 0.5) is 0 Å². The van der Waals surface area contributed by atoms with Crippen LogP contribution in [0.15, 0.2) is 72.6 Å². The summed E-state index contributed by atoms with van der Waals surface area (Å²) in [5.74, 6) is -0.417. The van der Waals surface area contributed by atoms with Gasteiger partial charge < -0.3 is 20.4 Å². The van der Waals surface area contributed by atoms with Gasteiger partial charge in [0, 0.05) is 24.4 Å². The SMILES string of the molecule is NC(=O)C1=CC=C(c2ccccc2)N(C[C@@H]2CCO2)C1c1ccc2[nH]cnc2c1. The van der Waals surface area contributed by atoms with Gasteiger partial charge in [0.2, 0.25) is 5.91 Å². The van der Waals surface area contributed by atoms with Crippen LogP contribution in [-0.2, 0) is 9.53 Å². The number of hydrogen-bond donors (Lipinski definition) is 2. The fourth-order valence-electron chi connectivity index (χ4n) is 4.08. The number of fused-ring (bicyclic) bond motifs is 1. The molecule has 2 aliphatic rings. The van der Waals surface area contributed by atoms with Crippen LogP contribution in [0.2, 0.25) is 0 Å². The lowest BCUT2D eigenvalue weighted by Crippen LogP contribution is -2.43. The molecule has 3 heterocycles. The van der Waals surface area contributed by atoms with Crippen molar-refractivity contribution in [2.24, 2.45) is 5.73 Å². The van der Waals surface area contributed by atoms with Crippen LogP contribution in [0.1, 0.15) is 23.6 Å². The van der Waals surface area contributed by atoms with Gasteiger partial charge in [-0.1, -0.05) is 36.4 Å². The van der Waals surface area contributed by atoms with E-state index in [1.807, 2.05) is 48.6 Å². The molecule has 1 amide bonds. The number of primary amides is 1. The summed E-state index contributed by atoms with van der Waals surface area (Å²) in [7, 11) is 0. The number of hydrogen-bond acceptors (Lipinski definition) is 4. The van der Waals surface area contributed by atoms with Crippen molar-refractivity contribution >= 4 is 22.6 Å². The van der Waals surface area contributed by atoms with Crippen molar-refractivity contribution in [1.29, 1.82) is 0 Å². The Hall–Kier alpha value is -3.38. The molecule has 1 saturated heterocycles. The Morgan fingerprint density at radius 1 is 1.21 bits per heavy atom. The smallest absolute Gasteiger partial charge is 0.247 e. The van der Waals surface area contributed by atoms with Crippen molar-refractivity contribution in [1.82, 2.24) is 14.9 Å². The first kappa shape index (κ1) is 17.7. The number of allylic oxidation sites excluding steroid dienone is 2. The highest BCUT2D eigenvalue weighted by molar-refractivity contribution is 5.95. The predicted molar refractivity (Wildman–Crippen MR) is 112 cm³/mol. The lowest BCUT2D eigenvalue weighted by Gasteiger charge is -2.42. The number of nitrogens with zero attached hydrogens (tertiary/aromatic N) is 2. The second kappa shape index (κ2) is 7.22. The van der Waals surface area contributed by atoms with Crippen LogP contribution in [0.3, 0.4) is 0 Å². The van der Waals surface area contributed by atoms with Gasteiger partial charge in [-0.3, -0.25) is 4.79 Å². The highest BCUT2D eigenvalue weighted by atomic mass is 16.5. The number of imidazole rings is 1. The standard InChI is InChI=1S/C23H22N4O2/c24-23(28)18-7-9-21(15-4-2-1-3-5-15)27(13-17-10-11-29-17)22(18)16-6-8-19-20(12-16)26-14-25-19/h1-9,12,14,17,22H,10-11,13H2,(H2,24,28)(H,25,26)/t17-,22?/m0/s1. The minimum atomic E-state index is -0.417. The molecule has 2 atom stereocenters. The fourth-order valence-corrected chi connectivity index (χ4v) is 4.08. The van der Waals surface area contributed by atoms with Crippen LogP contribution in [-0.4, -0.2) is 40.0 Å². The van der Waals surface area contributed by atoms with Crippen LogP contribution >= 0.6 is 0 Å². The summed E-state index contributed by atoms with van der Waals surface area (Å²) in [6, 6.07) is 16.0. The molecule has 0 aliphatic carbocycles. The molecule has 0 bridgehead atoms. The molecule has 6 nitrogen and oxygen atoms in total. The summed E-state index contributed by atoms with van der Waals surface area (Å²) < 4.78 is 5.73. The lowest BCUT2D eigenvalue weighted by molar-refractivity contribution is -0.115. The molecule has 3 N–H and O–H groups in total. The Morgan fingerprint density at radius 2 is 2.03 bits per heavy atom. The molecular weight excluding hydrogens is 364 g/mol. The van der Waals surface area contributed by atoms with Gasteiger partial charge in [-0.2, -0.15) is 0 Å². The van der Waals surface area contributed by atoms with Crippen LogP contribution in [0.25, 0.3) is 16.7 Å². The van der Waals surface area contributed by atoms with E-state index in [4.69, 9.17) is 10.5 Å². The van der Waals surface area contributed by atoms with Gasteiger partial charge in [-0.15, -0.1) is 0 Å². The quantitative estimate of drug-likeness (QED) is 0.705. The number of carbonyl (C=O) groups is 1. The molecule has 0 spiro atoms. The molecule has 1 unspecified atom stereocenters. The number of H-pyrrole nitrogens is 1. The van der Waals surface area contributed by atoms with Crippen molar-refractivity contribution in [3.8, 4) is 0 Å². The third kappa shape index (κ3) is 3.21. The van der Waals surface area contributed by atoms with E-state index in [1.165, 1.54) is 0 Å². The Kier molecular flexibility index (Phi) is 4.41. The van der Waals surface area contributed by atoms with Crippen molar-refractivity contribution in [3.05, 3.63) is 83.7 Å². The van der Waals surface area contributed by atoms with Gasteiger partial charge in [0.1, 0.15) is 0 Å². The zero-order valence-corrected chi connectivity index (χ0v) is 15.9. The number of nitrogens with one attached hydrogen (secondary N) is 1. The Morgan fingerprint density at radius 3 is 2.76 bits per heavy atom. The molecule has 5 rings (SSSR count). The van der Waals surface area contributed by atoms with Gasteiger partial charge in [0.05, 0.1) is 29.5 Å². The van der Waals surface area contributed by atoms with Gasteiger partial charge in [-0.05, 0) is 41.8 Å². The molecule has 0 saturated carbocycles. The van der Waals surface area contributed by atoms with Crippen molar-refractivity contribution < 1.29 is 9.53 Å². The Bertz CT molecular complexity index is 1110. The molecule has 6 heteroatoms. The average Bonchev–Trinajstić information content (AvgIpc) is 3.18. The van der Waals surface area contributed by atoms with Crippen LogP contribution < -0.4 is 5.73 Å². The van der Waals surface area contributed by atoms with Gasteiger partial charge in [-0.25, -0.2) is 4.98 Å². The first-order chi connectivity index (χ1) is 14.2. The van der Waals surface area contributed by atoms with Crippen molar-refractivity contribution in [2.75, 3.05) is 13.2 Å². The van der Waals surface area contributed by atoms with E-state index in [0.29, 0.717) is 12.1 Å². The largest absolute Gasteiger partial charge is 0.376 e. The van der Waals surface area contributed by atoms with Gasteiger partial charge >= 0.3 is 0 Å². The molecule has 0 radical (unpaired) electrons. The maximum atomic E-state index is 12.4. The predicted octanol–water partition coefficient (Wildman–Crippen LogP) is 3.16. The third-order valence-corrected chi connectivity index (χ3v) is 5.65. The van der Waals surface area contributed by atoms with Gasteiger partial charge in [0.25, 0.3) is 0 Å². The molecule has 146 valence electrons. The molecule has 3 aromatic rings. The second-order valence-corrected chi connectivity index (χ2v) is 7.42. The maximum Gasteiger partial charge on any atom is 0.247 e. The summed E-state index contributed by atoms with van der Waals surface area (Å²) in [5, 5.41) is 0. The average molecular weight is 386 g/mol. The number of aromatic nitrogens is 2. The highest BCUT2D eigenvalue weighted by Crippen LogP contribution is 2.40. The molecule has 1 aromatic heterocycles. The number of nitrogens with two attached hydrogens (primary N) is 1. The van der Waals surface area contributed by atoms with Crippen molar-refractivity contribution in [3.63, 3.8) is 0 Å². The minimum Gasteiger partial charge on any atom is -0.376 e. The number of amides is 1. The van der Waals surface area contributed by atoms with Crippen LogP contribution in [0.5, 0.6) is 0 Å². The number of rotatable bonds is 5. The summed E-state index contributed by atoms with van der Waals surface area (Å²) in [6.45, 7) is 1.47. The van der Waals surface area contributed by atoms with E-state index in [2.05, 4.69) is 27.0 Å². The number of benzene rings is 2. The second-order valence-electron chi connectivity index (χ2n) is 7.42. The summed E-state index contributed by atoms with van der Waals surface area (Å²) in [6.07, 6.45) is 6.67.